The van der Waals surface area contributed by atoms with Gasteiger partial charge in [0, 0.05) is 12.7 Å². The lowest BCUT2D eigenvalue weighted by Gasteiger charge is -2.14. The molecule has 22 heavy (non-hydrogen) atoms. The molecule has 2 heterocycles. The maximum Gasteiger partial charge on any atom is 0.326 e. The van der Waals surface area contributed by atoms with Crippen molar-refractivity contribution in [3.63, 3.8) is 0 Å². The Kier molecular flexibility index (Phi) is 4.77. The summed E-state index contributed by atoms with van der Waals surface area (Å²) in [5, 5.41) is 11.6. The number of aromatic nitrogens is 2. The number of hydrogen-bond acceptors (Lipinski definition) is 4. The average molecular weight is 304 g/mol. The van der Waals surface area contributed by atoms with Gasteiger partial charge in [-0.2, -0.15) is 0 Å². The highest BCUT2D eigenvalue weighted by atomic mass is 16.4. The minimum atomic E-state index is -1.05. The van der Waals surface area contributed by atoms with Crippen LogP contribution in [0.5, 0.6) is 0 Å². The molecule has 0 radical (unpaired) electrons. The molecule has 0 saturated heterocycles. The van der Waals surface area contributed by atoms with Crippen LogP contribution in [-0.2, 0) is 11.3 Å². The molecule has 0 aliphatic rings. The molecule has 0 aromatic carbocycles. The van der Waals surface area contributed by atoms with Crippen LogP contribution < -0.4 is 5.32 Å². The van der Waals surface area contributed by atoms with Gasteiger partial charge in [0.05, 0.1) is 5.69 Å². The van der Waals surface area contributed by atoms with Crippen molar-refractivity contribution in [3.8, 4) is 0 Å². The molecule has 7 heteroatoms. The molecule has 2 rings (SSSR count). The molecule has 0 saturated carbocycles. The van der Waals surface area contributed by atoms with Gasteiger partial charge < -0.3 is 19.7 Å². The van der Waals surface area contributed by atoms with Crippen molar-refractivity contribution in [2.45, 2.75) is 25.9 Å². The number of nitrogens with zero attached hydrogens (tertiary/aromatic N) is 3. The van der Waals surface area contributed by atoms with Gasteiger partial charge in [0.15, 0.2) is 5.69 Å². The van der Waals surface area contributed by atoms with E-state index in [2.05, 4.69) is 10.3 Å². The highest BCUT2D eigenvalue weighted by Crippen LogP contribution is 2.14. The number of carbonyl (C=O) groups is 2. The smallest absolute Gasteiger partial charge is 0.326 e. The van der Waals surface area contributed by atoms with Crippen LogP contribution in [0.4, 0.5) is 0 Å². The van der Waals surface area contributed by atoms with Crippen molar-refractivity contribution in [3.05, 3.63) is 35.8 Å². The van der Waals surface area contributed by atoms with Crippen molar-refractivity contribution in [1.29, 1.82) is 0 Å². The van der Waals surface area contributed by atoms with E-state index in [1.165, 1.54) is 0 Å². The average Bonchev–Trinajstić information content (AvgIpc) is 2.82. The molecule has 1 unspecified atom stereocenters. The van der Waals surface area contributed by atoms with E-state index in [9.17, 15) is 9.59 Å². The molecule has 0 bridgehead atoms. The van der Waals surface area contributed by atoms with Gasteiger partial charge in [-0.1, -0.05) is 13.0 Å². The Morgan fingerprint density at radius 3 is 2.73 bits per heavy atom. The Bertz CT molecular complexity index is 693. The SMILES string of the molecule is CCC(NC(=O)c1nc2ccccn2c1CN(C)C)C(=O)O. The summed E-state index contributed by atoms with van der Waals surface area (Å²) in [6, 6.07) is 4.60. The summed E-state index contributed by atoms with van der Waals surface area (Å²) in [6.45, 7) is 2.24. The van der Waals surface area contributed by atoms with Crippen LogP contribution in [0.1, 0.15) is 29.5 Å². The number of amides is 1. The number of imidazole rings is 1. The quantitative estimate of drug-likeness (QED) is 0.831. The number of hydrogen-bond donors (Lipinski definition) is 2. The van der Waals surface area contributed by atoms with Crippen LogP contribution in [0.3, 0.4) is 0 Å². The molecule has 0 fully saturated rings. The lowest BCUT2D eigenvalue weighted by atomic mass is 10.2. The van der Waals surface area contributed by atoms with E-state index in [-0.39, 0.29) is 5.69 Å². The topological polar surface area (TPSA) is 86.9 Å². The van der Waals surface area contributed by atoms with E-state index < -0.39 is 17.9 Å². The second kappa shape index (κ2) is 6.57. The third-order valence-electron chi connectivity index (χ3n) is 3.32. The zero-order valence-electron chi connectivity index (χ0n) is 12.9. The van der Waals surface area contributed by atoms with Gasteiger partial charge in [0.2, 0.25) is 0 Å². The van der Waals surface area contributed by atoms with E-state index in [1.807, 2.05) is 47.8 Å². The maximum absolute atomic E-state index is 12.4. The summed E-state index contributed by atoms with van der Waals surface area (Å²) < 4.78 is 1.84. The fourth-order valence-corrected chi connectivity index (χ4v) is 2.24. The van der Waals surface area contributed by atoms with Crippen molar-refractivity contribution in [2.24, 2.45) is 0 Å². The third kappa shape index (κ3) is 3.25. The Morgan fingerprint density at radius 1 is 1.41 bits per heavy atom. The van der Waals surface area contributed by atoms with Gasteiger partial charge in [-0.3, -0.25) is 4.79 Å². The van der Waals surface area contributed by atoms with E-state index in [0.29, 0.717) is 18.6 Å². The lowest BCUT2D eigenvalue weighted by Crippen LogP contribution is -2.40. The molecule has 2 N–H and O–H groups in total. The predicted molar refractivity (Wildman–Crippen MR) is 81.8 cm³/mol. The highest BCUT2D eigenvalue weighted by molar-refractivity contribution is 5.96. The Morgan fingerprint density at radius 2 is 2.14 bits per heavy atom. The van der Waals surface area contributed by atoms with Crippen LogP contribution in [0, 0.1) is 0 Å². The molecule has 0 aliphatic heterocycles. The Balaban J connectivity index is 2.40. The summed E-state index contributed by atoms with van der Waals surface area (Å²) in [5.41, 5.74) is 1.66. The molecular formula is C15H20N4O3. The van der Waals surface area contributed by atoms with E-state index >= 15 is 0 Å². The minimum absolute atomic E-state index is 0.264. The highest BCUT2D eigenvalue weighted by Gasteiger charge is 2.24. The molecule has 118 valence electrons. The maximum atomic E-state index is 12.4. The second-order valence-electron chi connectivity index (χ2n) is 5.35. The number of pyridine rings is 1. The fraction of sp³-hybridized carbons (Fsp3) is 0.400. The van der Waals surface area contributed by atoms with Gasteiger partial charge in [0.1, 0.15) is 11.7 Å². The van der Waals surface area contributed by atoms with Gasteiger partial charge in [-0.15, -0.1) is 0 Å². The first-order valence-corrected chi connectivity index (χ1v) is 7.08. The first-order valence-electron chi connectivity index (χ1n) is 7.08. The third-order valence-corrected chi connectivity index (χ3v) is 3.32. The zero-order valence-corrected chi connectivity index (χ0v) is 12.9. The monoisotopic (exact) mass is 304 g/mol. The van der Waals surface area contributed by atoms with Gasteiger partial charge in [0.25, 0.3) is 5.91 Å². The van der Waals surface area contributed by atoms with Crippen molar-refractivity contribution in [1.82, 2.24) is 19.6 Å². The molecule has 2 aromatic heterocycles. The van der Waals surface area contributed by atoms with Crippen molar-refractivity contribution in [2.75, 3.05) is 14.1 Å². The summed E-state index contributed by atoms with van der Waals surface area (Å²) >= 11 is 0. The summed E-state index contributed by atoms with van der Waals surface area (Å²) in [4.78, 5) is 29.8. The van der Waals surface area contributed by atoms with Gasteiger partial charge >= 0.3 is 5.97 Å². The number of nitrogens with one attached hydrogen (secondary N) is 1. The molecule has 0 aliphatic carbocycles. The number of carbonyl (C=O) groups excluding carboxylic acids is 1. The summed E-state index contributed by atoms with van der Waals surface area (Å²) in [6.07, 6.45) is 2.16. The number of aliphatic carboxylic acids is 1. The molecule has 2 aromatic rings. The first-order chi connectivity index (χ1) is 10.4. The number of fused-ring (bicyclic) bond motifs is 1. The Hall–Kier alpha value is -2.41. The summed E-state index contributed by atoms with van der Waals surface area (Å²) in [5.74, 6) is -1.51. The van der Waals surface area contributed by atoms with Crippen LogP contribution >= 0.6 is 0 Å². The van der Waals surface area contributed by atoms with Crippen LogP contribution in [0.15, 0.2) is 24.4 Å². The van der Waals surface area contributed by atoms with Crippen LogP contribution in [0.2, 0.25) is 0 Å². The van der Waals surface area contributed by atoms with Crippen molar-refractivity contribution < 1.29 is 14.7 Å². The molecular weight excluding hydrogens is 284 g/mol. The largest absolute Gasteiger partial charge is 0.480 e. The number of carboxylic acids is 1. The zero-order chi connectivity index (χ0) is 16.3. The van der Waals surface area contributed by atoms with E-state index in [4.69, 9.17) is 5.11 Å². The predicted octanol–water partition coefficient (Wildman–Crippen LogP) is 0.989. The van der Waals surface area contributed by atoms with Crippen LogP contribution in [0.25, 0.3) is 5.65 Å². The van der Waals surface area contributed by atoms with Crippen LogP contribution in [-0.4, -0.2) is 51.4 Å². The van der Waals surface area contributed by atoms with Gasteiger partial charge in [-0.25, -0.2) is 9.78 Å². The minimum Gasteiger partial charge on any atom is -0.480 e. The molecule has 1 amide bonds. The lowest BCUT2D eigenvalue weighted by molar-refractivity contribution is -0.139. The van der Waals surface area contributed by atoms with E-state index in [1.54, 1.807) is 6.92 Å². The molecule has 0 spiro atoms. The van der Waals surface area contributed by atoms with E-state index in [0.717, 1.165) is 5.69 Å². The molecule has 1 atom stereocenters. The summed E-state index contributed by atoms with van der Waals surface area (Å²) in [7, 11) is 3.80. The number of carboxylic acid groups (broad SMARTS) is 1. The number of rotatable bonds is 6. The first kappa shape index (κ1) is 16.0. The fourth-order valence-electron chi connectivity index (χ4n) is 2.24. The Labute approximate surface area is 128 Å². The second-order valence-corrected chi connectivity index (χ2v) is 5.35. The standard InChI is InChI=1S/C15H20N4O3/c1-4-10(15(21)22)16-14(20)13-11(9-18(2)3)19-8-6-5-7-12(19)17-13/h5-8,10H,4,9H2,1-3H3,(H,16,20)(H,21,22). The van der Waals surface area contributed by atoms with Gasteiger partial charge in [-0.05, 0) is 32.6 Å². The van der Waals surface area contributed by atoms with Crippen molar-refractivity contribution >= 4 is 17.5 Å². The molecule has 7 nitrogen and oxygen atoms in total. The normalized spacial score (nSPS) is 12.5.